The van der Waals surface area contributed by atoms with Crippen LogP contribution in [-0.4, -0.2) is 24.3 Å². The van der Waals surface area contributed by atoms with E-state index in [2.05, 4.69) is 5.32 Å². The third kappa shape index (κ3) is 3.52. The minimum Gasteiger partial charge on any atom is -0.413 e. The van der Waals surface area contributed by atoms with Crippen molar-refractivity contribution in [3.63, 3.8) is 0 Å². The summed E-state index contributed by atoms with van der Waals surface area (Å²) in [6.07, 6.45) is 0.669. The molecule has 1 aromatic heterocycles. The Morgan fingerprint density at radius 2 is 1.92 bits per heavy atom. The number of nitrogens with one attached hydrogen (secondary N) is 1. The number of benzene rings is 2. The summed E-state index contributed by atoms with van der Waals surface area (Å²) in [7, 11) is 1.28. The molecular weight excluding hydrogens is 323 g/mol. The van der Waals surface area contributed by atoms with Gasteiger partial charge >= 0.3 is 0 Å². The topological polar surface area (TPSA) is 60.3 Å². The molecule has 0 radical (unpaired) electrons. The number of pyridine rings is 1. The molecule has 6 heteroatoms. The van der Waals surface area contributed by atoms with E-state index in [0.717, 1.165) is 16.4 Å². The largest absolute Gasteiger partial charge is 0.413 e. The Bertz CT molecular complexity index is 968. The van der Waals surface area contributed by atoms with Crippen LogP contribution in [0.5, 0.6) is 0 Å². The maximum atomic E-state index is 13.4. The van der Waals surface area contributed by atoms with Crippen LogP contribution >= 0.6 is 0 Å². The summed E-state index contributed by atoms with van der Waals surface area (Å²) < 4.78 is 14.2. The van der Waals surface area contributed by atoms with E-state index in [1.54, 1.807) is 0 Å². The highest BCUT2D eigenvalue weighted by Crippen LogP contribution is 2.13. The Morgan fingerprint density at radius 1 is 1.16 bits per heavy atom. The number of aromatic nitrogens is 1. The van der Waals surface area contributed by atoms with E-state index < -0.39 is 17.3 Å². The zero-order chi connectivity index (χ0) is 17.8. The third-order valence-electron chi connectivity index (χ3n) is 3.90. The van der Waals surface area contributed by atoms with Gasteiger partial charge in [0.05, 0.1) is 5.39 Å². The summed E-state index contributed by atoms with van der Waals surface area (Å²) in [4.78, 5) is 29.9. The summed E-state index contributed by atoms with van der Waals surface area (Å²) in [5.74, 6) is -0.951. The predicted octanol–water partition coefficient (Wildman–Crippen LogP) is 2.17. The highest BCUT2D eigenvalue weighted by molar-refractivity contribution is 5.96. The summed E-state index contributed by atoms with van der Waals surface area (Å²) in [6.45, 7) is 0.419. The van der Waals surface area contributed by atoms with Crippen LogP contribution in [0.15, 0.2) is 59.4 Å². The van der Waals surface area contributed by atoms with Gasteiger partial charge < -0.3 is 10.2 Å². The molecule has 0 aliphatic heterocycles. The summed E-state index contributed by atoms with van der Waals surface area (Å²) in [5, 5.41) is 3.41. The lowest BCUT2D eigenvalue weighted by molar-refractivity contribution is 0.0885. The van der Waals surface area contributed by atoms with Crippen LogP contribution in [0.25, 0.3) is 10.8 Å². The first-order valence-corrected chi connectivity index (χ1v) is 7.82. The second-order valence-corrected chi connectivity index (χ2v) is 5.53. The van der Waals surface area contributed by atoms with E-state index in [0.29, 0.717) is 18.4 Å². The maximum Gasteiger partial charge on any atom is 0.291 e. The molecule has 3 rings (SSSR count). The van der Waals surface area contributed by atoms with E-state index in [1.165, 1.54) is 25.3 Å². The Balaban J connectivity index is 1.85. The maximum absolute atomic E-state index is 13.4. The molecule has 5 nitrogen and oxygen atoms in total. The van der Waals surface area contributed by atoms with Gasteiger partial charge in [-0.3, -0.25) is 9.59 Å². The molecule has 0 bridgehead atoms. The van der Waals surface area contributed by atoms with Gasteiger partial charge in [0.25, 0.3) is 11.5 Å². The molecular formula is C19H17FN2O3. The van der Waals surface area contributed by atoms with Crippen LogP contribution in [0.3, 0.4) is 0 Å². The van der Waals surface area contributed by atoms with Gasteiger partial charge in [0, 0.05) is 6.54 Å². The van der Waals surface area contributed by atoms with E-state index in [-0.39, 0.29) is 11.1 Å². The van der Waals surface area contributed by atoms with Crippen LogP contribution in [0.2, 0.25) is 0 Å². The molecule has 0 aliphatic rings. The molecule has 0 saturated heterocycles. The predicted molar refractivity (Wildman–Crippen MR) is 93.1 cm³/mol. The minimum absolute atomic E-state index is 0.0691. The number of hydrogen-bond acceptors (Lipinski definition) is 3. The van der Waals surface area contributed by atoms with Gasteiger partial charge in [-0.2, -0.15) is 0 Å². The molecule has 25 heavy (non-hydrogen) atoms. The van der Waals surface area contributed by atoms with Crippen LogP contribution in [-0.2, 0) is 6.42 Å². The van der Waals surface area contributed by atoms with E-state index in [9.17, 15) is 14.0 Å². The molecule has 2 aromatic carbocycles. The first kappa shape index (κ1) is 16.7. The number of amides is 1. The first-order valence-electron chi connectivity index (χ1n) is 7.82. The molecule has 0 unspecified atom stereocenters. The second kappa shape index (κ2) is 7.17. The van der Waals surface area contributed by atoms with Crippen molar-refractivity contribution in [2.75, 3.05) is 13.7 Å². The number of carbonyl (C=O) groups excluding carboxylic acids is 1. The molecule has 0 fully saturated rings. The van der Waals surface area contributed by atoms with E-state index >= 15 is 0 Å². The molecule has 128 valence electrons. The Kier molecular flexibility index (Phi) is 4.79. The molecule has 0 saturated carbocycles. The Labute approximate surface area is 143 Å². The van der Waals surface area contributed by atoms with Crippen molar-refractivity contribution in [2.45, 2.75) is 6.42 Å². The number of fused-ring (bicyclic) bond motifs is 1. The number of hydrogen-bond donors (Lipinski definition) is 1. The highest BCUT2D eigenvalue weighted by Gasteiger charge is 2.16. The zero-order valence-corrected chi connectivity index (χ0v) is 13.7. The Morgan fingerprint density at radius 3 is 2.64 bits per heavy atom. The molecule has 1 N–H and O–H groups in total. The fraction of sp³-hybridized carbons (Fsp3) is 0.158. The Hall–Kier alpha value is -3.15. The highest BCUT2D eigenvalue weighted by atomic mass is 19.1. The number of nitrogens with zero attached hydrogens (tertiary/aromatic N) is 1. The fourth-order valence-corrected chi connectivity index (χ4v) is 2.66. The van der Waals surface area contributed by atoms with Crippen LogP contribution < -0.4 is 15.7 Å². The first-order chi connectivity index (χ1) is 12.1. The SMILES string of the molecule is COn1c(C(=O)NCCc2ccccc2)cc2ccc(F)cc2c1=O. The van der Waals surface area contributed by atoms with Crippen molar-refractivity contribution < 1.29 is 14.0 Å². The fourth-order valence-electron chi connectivity index (χ4n) is 2.66. The van der Waals surface area contributed by atoms with Gasteiger partial charge in [-0.05, 0) is 35.6 Å². The lowest BCUT2D eigenvalue weighted by atomic mass is 10.1. The molecule has 0 aliphatic carbocycles. The van der Waals surface area contributed by atoms with Crippen molar-refractivity contribution in [1.82, 2.24) is 10.0 Å². The second-order valence-electron chi connectivity index (χ2n) is 5.53. The molecule has 1 amide bonds. The monoisotopic (exact) mass is 340 g/mol. The van der Waals surface area contributed by atoms with Gasteiger partial charge in [-0.25, -0.2) is 4.39 Å². The summed E-state index contributed by atoms with van der Waals surface area (Å²) >= 11 is 0. The van der Waals surface area contributed by atoms with E-state index in [4.69, 9.17) is 4.84 Å². The van der Waals surface area contributed by atoms with Crippen molar-refractivity contribution >= 4 is 16.7 Å². The molecule has 1 heterocycles. The average Bonchev–Trinajstić information content (AvgIpc) is 2.63. The molecule has 0 atom stereocenters. The van der Waals surface area contributed by atoms with E-state index in [1.807, 2.05) is 30.3 Å². The number of halogens is 1. The van der Waals surface area contributed by atoms with Gasteiger partial charge in [0.2, 0.25) is 0 Å². The summed E-state index contributed by atoms with van der Waals surface area (Å²) in [5.41, 5.74) is 0.591. The lowest BCUT2D eigenvalue weighted by Crippen LogP contribution is -2.35. The third-order valence-corrected chi connectivity index (χ3v) is 3.90. The minimum atomic E-state index is -0.576. The van der Waals surface area contributed by atoms with Crippen LogP contribution in [0.4, 0.5) is 4.39 Å². The van der Waals surface area contributed by atoms with Crippen molar-refractivity contribution in [2.24, 2.45) is 0 Å². The molecule has 0 spiro atoms. The van der Waals surface area contributed by atoms with Gasteiger partial charge in [-0.15, -0.1) is 4.73 Å². The van der Waals surface area contributed by atoms with Crippen molar-refractivity contribution in [3.05, 3.63) is 82.0 Å². The standard InChI is InChI=1S/C19H17FN2O3/c1-25-22-17(11-14-7-8-15(20)12-16(14)19(22)24)18(23)21-10-9-13-5-3-2-4-6-13/h2-8,11-12H,9-10H2,1H3,(H,21,23). The van der Waals surface area contributed by atoms with Gasteiger partial charge in [0.15, 0.2) is 0 Å². The van der Waals surface area contributed by atoms with Crippen molar-refractivity contribution in [3.8, 4) is 0 Å². The normalized spacial score (nSPS) is 10.6. The van der Waals surface area contributed by atoms with Gasteiger partial charge in [0.1, 0.15) is 18.6 Å². The summed E-state index contributed by atoms with van der Waals surface area (Å²) in [6, 6.07) is 15.1. The number of carbonyl (C=O) groups is 1. The van der Waals surface area contributed by atoms with Gasteiger partial charge in [-0.1, -0.05) is 36.4 Å². The quantitative estimate of drug-likeness (QED) is 0.774. The molecule has 3 aromatic rings. The van der Waals surface area contributed by atoms with Crippen molar-refractivity contribution in [1.29, 1.82) is 0 Å². The smallest absolute Gasteiger partial charge is 0.291 e. The van der Waals surface area contributed by atoms with Crippen LogP contribution in [0.1, 0.15) is 16.1 Å². The zero-order valence-electron chi connectivity index (χ0n) is 13.7. The number of rotatable bonds is 5. The lowest BCUT2D eigenvalue weighted by Gasteiger charge is -2.12. The average molecular weight is 340 g/mol. The van der Waals surface area contributed by atoms with Crippen LogP contribution in [0, 0.1) is 5.82 Å².